The van der Waals surface area contributed by atoms with Crippen LogP contribution in [0.25, 0.3) is 10.6 Å². The van der Waals surface area contributed by atoms with Gasteiger partial charge in [0.2, 0.25) is 5.88 Å². The molecule has 1 atom stereocenters. The average Bonchev–Trinajstić information content (AvgIpc) is 3.41. The first-order valence-corrected chi connectivity index (χ1v) is 10.7. The number of hydrogen-bond donors (Lipinski definition) is 2. The zero-order valence-corrected chi connectivity index (χ0v) is 17.9. The van der Waals surface area contributed by atoms with Crippen molar-refractivity contribution in [2.24, 2.45) is 5.92 Å². The predicted molar refractivity (Wildman–Crippen MR) is 111 cm³/mol. The van der Waals surface area contributed by atoms with E-state index in [1.165, 1.54) is 24.2 Å². The first-order valence-electron chi connectivity index (χ1n) is 9.87. The predicted octanol–water partition coefficient (Wildman–Crippen LogP) is 3.42. The van der Waals surface area contributed by atoms with E-state index >= 15 is 0 Å². The number of aryl methyl sites for hydroxylation is 1. The fourth-order valence-electron chi connectivity index (χ4n) is 3.69. The molecule has 154 valence electrons. The summed E-state index contributed by atoms with van der Waals surface area (Å²) in [6, 6.07) is 1.86. The van der Waals surface area contributed by atoms with Gasteiger partial charge in [-0.1, -0.05) is 11.3 Å². The summed E-state index contributed by atoms with van der Waals surface area (Å²) in [6.07, 6.45) is 2.37. The fraction of sp³-hybridized carbons (Fsp3) is 0.500. The highest BCUT2D eigenvalue weighted by atomic mass is 32.1. The van der Waals surface area contributed by atoms with Crippen molar-refractivity contribution < 1.29 is 14.3 Å². The molecule has 0 spiro atoms. The van der Waals surface area contributed by atoms with E-state index in [0.29, 0.717) is 41.3 Å². The maximum absolute atomic E-state index is 13.1. The number of carbonyl (C=O) groups excluding carboxylic acids is 2. The Morgan fingerprint density at radius 3 is 2.83 bits per heavy atom. The second-order valence-electron chi connectivity index (χ2n) is 7.43. The molecule has 2 aromatic heterocycles. The Morgan fingerprint density at radius 1 is 1.41 bits per heavy atom. The van der Waals surface area contributed by atoms with Crippen LogP contribution in [0.1, 0.15) is 48.3 Å². The Balaban J connectivity index is 1.71. The van der Waals surface area contributed by atoms with E-state index in [0.717, 1.165) is 16.1 Å². The van der Waals surface area contributed by atoms with Gasteiger partial charge in [-0.15, -0.1) is 0 Å². The normalized spacial score (nSPS) is 16.6. The number of rotatable bonds is 6. The largest absolute Gasteiger partial charge is 0.477 e. The Labute approximate surface area is 173 Å². The van der Waals surface area contributed by atoms with Crippen molar-refractivity contribution in [1.82, 2.24) is 20.2 Å². The minimum atomic E-state index is -0.322. The summed E-state index contributed by atoms with van der Waals surface area (Å²) in [7, 11) is 1.55. The minimum absolute atomic E-state index is 0.00454. The molecular formula is C20H25N5O3S. The molecule has 2 aromatic rings. The van der Waals surface area contributed by atoms with Crippen LogP contribution >= 0.6 is 11.3 Å². The number of carbonyl (C=O) groups is 2. The van der Waals surface area contributed by atoms with Crippen LogP contribution in [0.5, 0.6) is 5.88 Å². The van der Waals surface area contributed by atoms with E-state index in [-0.39, 0.29) is 18.0 Å². The van der Waals surface area contributed by atoms with Gasteiger partial charge in [0, 0.05) is 19.6 Å². The number of urea groups is 1. The summed E-state index contributed by atoms with van der Waals surface area (Å²) < 4.78 is 5.76. The van der Waals surface area contributed by atoms with Crippen molar-refractivity contribution in [2.75, 3.05) is 19.0 Å². The third-order valence-electron chi connectivity index (χ3n) is 5.44. The van der Waals surface area contributed by atoms with Crippen LogP contribution < -0.4 is 15.4 Å². The fourth-order valence-corrected chi connectivity index (χ4v) is 4.61. The lowest BCUT2D eigenvalue weighted by molar-refractivity contribution is 0.0694. The van der Waals surface area contributed by atoms with E-state index in [1.54, 1.807) is 7.05 Å². The Kier molecular flexibility index (Phi) is 5.16. The van der Waals surface area contributed by atoms with Gasteiger partial charge in [0.15, 0.2) is 5.13 Å². The molecule has 0 bridgehead atoms. The third kappa shape index (κ3) is 3.66. The van der Waals surface area contributed by atoms with E-state index in [9.17, 15) is 9.59 Å². The topological polar surface area (TPSA) is 96.5 Å². The molecule has 4 rings (SSSR count). The first-order chi connectivity index (χ1) is 13.9. The summed E-state index contributed by atoms with van der Waals surface area (Å²) in [6.45, 7) is 6.89. The lowest BCUT2D eigenvalue weighted by Gasteiger charge is -2.23. The van der Waals surface area contributed by atoms with E-state index in [4.69, 9.17) is 4.74 Å². The van der Waals surface area contributed by atoms with Gasteiger partial charge in [-0.25, -0.2) is 14.8 Å². The molecule has 0 aromatic carbocycles. The number of aromatic nitrogens is 2. The summed E-state index contributed by atoms with van der Waals surface area (Å²) in [4.78, 5) is 36.5. The van der Waals surface area contributed by atoms with Gasteiger partial charge >= 0.3 is 6.03 Å². The van der Waals surface area contributed by atoms with Gasteiger partial charge in [0.1, 0.15) is 5.56 Å². The Bertz CT molecular complexity index is 969. The zero-order chi connectivity index (χ0) is 20.7. The summed E-state index contributed by atoms with van der Waals surface area (Å²) in [5.74, 6) is 0.979. The molecule has 9 heteroatoms. The first kappa shape index (κ1) is 19.6. The van der Waals surface area contributed by atoms with Crippen LogP contribution in [0.15, 0.2) is 6.07 Å². The molecule has 29 heavy (non-hydrogen) atoms. The Morgan fingerprint density at radius 2 is 2.17 bits per heavy atom. The van der Waals surface area contributed by atoms with E-state index < -0.39 is 0 Å². The second kappa shape index (κ2) is 7.62. The molecule has 1 fully saturated rings. The molecule has 1 aliphatic carbocycles. The maximum Gasteiger partial charge on any atom is 0.320 e. The molecule has 1 saturated carbocycles. The number of pyridine rings is 1. The molecule has 2 aliphatic rings. The van der Waals surface area contributed by atoms with Crippen molar-refractivity contribution >= 4 is 28.4 Å². The maximum atomic E-state index is 13.1. The summed E-state index contributed by atoms with van der Waals surface area (Å²) >= 11 is 1.35. The third-order valence-corrected chi connectivity index (χ3v) is 6.53. The number of amides is 3. The molecule has 0 radical (unpaired) electrons. The van der Waals surface area contributed by atoms with Gasteiger partial charge in [-0.2, -0.15) is 0 Å². The zero-order valence-electron chi connectivity index (χ0n) is 17.0. The lowest BCUT2D eigenvalue weighted by Crippen LogP contribution is -2.34. The van der Waals surface area contributed by atoms with Gasteiger partial charge in [0.05, 0.1) is 22.9 Å². The lowest BCUT2D eigenvalue weighted by atomic mass is 10.1. The summed E-state index contributed by atoms with van der Waals surface area (Å²) in [5.41, 5.74) is 2.99. The van der Waals surface area contributed by atoms with Crippen molar-refractivity contribution in [3.8, 4) is 16.5 Å². The second-order valence-corrected chi connectivity index (χ2v) is 8.43. The van der Waals surface area contributed by atoms with Crippen LogP contribution in [0.2, 0.25) is 0 Å². The molecule has 3 heterocycles. The van der Waals surface area contributed by atoms with E-state index in [2.05, 4.69) is 27.5 Å². The van der Waals surface area contributed by atoms with Crippen LogP contribution in [0.4, 0.5) is 9.93 Å². The number of hydrogen-bond acceptors (Lipinski definition) is 6. The van der Waals surface area contributed by atoms with Crippen molar-refractivity contribution in [3.63, 3.8) is 0 Å². The number of thiazole rings is 1. The van der Waals surface area contributed by atoms with Crippen LogP contribution in [0.3, 0.4) is 0 Å². The van der Waals surface area contributed by atoms with Crippen molar-refractivity contribution in [2.45, 2.75) is 46.2 Å². The number of anilines is 1. The smallest absolute Gasteiger partial charge is 0.320 e. The molecular weight excluding hydrogens is 390 g/mol. The highest BCUT2D eigenvalue weighted by Gasteiger charge is 2.40. The highest BCUT2D eigenvalue weighted by Crippen LogP contribution is 2.41. The molecule has 3 amide bonds. The van der Waals surface area contributed by atoms with Crippen LogP contribution in [-0.2, 0) is 6.54 Å². The van der Waals surface area contributed by atoms with E-state index in [1.807, 2.05) is 24.8 Å². The number of ether oxygens (including phenoxy) is 1. The summed E-state index contributed by atoms with van der Waals surface area (Å²) in [5, 5.41) is 5.71. The quantitative estimate of drug-likeness (QED) is 0.754. The van der Waals surface area contributed by atoms with Crippen LogP contribution in [-0.4, -0.2) is 46.5 Å². The monoisotopic (exact) mass is 415 g/mol. The molecule has 1 aliphatic heterocycles. The number of nitrogens with zero attached hydrogens (tertiary/aromatic N) is 3. The number of fused-ring (bicyclic) bond motifs is 1. The highest BCUT2D eigenvalue weighted by molar-refractivity contribution is 7.19. The molecule has 0 unspecified atom stereocenters. The van der Waals surface area contributed by atoms with Crippen molar-refractivity contribution in [3.05, 3.63) is 22.9 Å². The van der Waals surface area contributed by atoms with Gasteiger partial charge in [-0.05, 0) is 51.2 Å². The Hall–Kier alpha value is -2.68. The standard InChI is InChI=1S/C20H25N5O3S/c1-5-28-17-15-13(9-25(18(15)26)11(3)12-6-7-12)8-14(23-17)16-10(2)22-20(29-16)24-19(27)21-4/h8,11-12H,5-7,9H2,1-4H3,(H2,21,22,24,27)/t11-/m0/s1. The number of nitrogens with one attached hydrogen (secondary N) is 2. The minimum Gasteiger partial charge on any atom is -0.477 e. The van der Waals surface area contributed by atoms with Gasteiger partial charge in [-0.3, -0.25) is 10.1 Å². The SMILES string of the molecule is CCOc1nc(-c2sc(NC(=O)NC)nc2C)cc2c1C(=O)N([C@@H](C)C1CC1)C2. The van der Waals surface area contributed by atoms with Gasteiger partial charge in [0.25, 0.3) is 5.91 Å². The molecule has 8 nitrogen and oxygen atoms in total. The van der Waals surface area contributed by atoms with Crippen LogP contribution in [0, 0.1) is 12.8 Å². The van der Waals surface area contributed by atoms with Crippen molar-refractivity contribution in [1.29, 1.82) is 0 Å². The van der Waals surface area contributed by atoms with Gasteiger partial charge < -0.3 is 15.0 Å². The molecule has 0 saturated heterocycles. The average molecular weight is 416 g/mol. The molecule has 2 N–H and O–H groups in total.